The first kappa shape index (κ1) is 16.7. The first-order chi connectivity index (χ1) is 7.92. The van der Waals surface area contributed by atoms with Crippen molar-refractivity contribution in [3.63, 3.8) is 0 Å². The molecule has 17 heavy (non-hydrogen) atoms. The van der Waals surface area contributed by atoms with E-state index in [0.717, 1.165) is 25.9 Å². The summed E-state index contributed by atoms with van der Waals surface area (Å²) in [7, 11) is 0. The first-order valence-electron chi connectivity index (χ1n) is 6.42. The fourth-order valence-electron chi connectivity index (χ4n) is 1.47. The predicted octanol–water partition coefficient (Wildman–Crippen LogP) is 3.09. The van der Waals surface area contributed by atoms with E-state index >= 15 is 0 Å². The Kier molecular flexibility index (Phi) is 9.55. The minimum Gasteiger partial charge on any atom is -0.317 e. The lowest BCUT2D eigenvalue weighted by Crippen LogP contribution is -2.25. The molecule has 0 aliphatic rings. The van der Waals surface area contributed by atoms with Crippen LogP contribution in [-0.4, -0.2) is 31.9 Å². The molecule has 0 aliphatic heterocycles. The van der Waals surface area contributed by atoms with E-state index in [2.05, 4.69) is 24.5 Å². The van der Waals surface area contributed by atoms with E-state index < -0.39 is 12.6 Å². The summed E-state index contributed by atoms with van der Waals surface area (Å²) in [5.41, 5.74) is 0. The average Bonchev–Trinajstić information content (AvgIpc) is 2.18. The van der Waals surface area contributed by atoms with Gasteiger partial charge in [0.05, 0.1) is 0 Å². The summed E-state index contributed by atoms with van der Waals surface area (Å²) in [5.74, 6) is 0. The SMILES string of the molecule is CC(C)NCCCCNCCCCC(F)(F)F. The molecule has 2 nitrogen and oxygen atoms in total. The van der Waals surface area contributed by atoms with E-state index in [9.17, 15) is 13.2 Å². The lowest BCUT2D eigenvalue weighted by atomic mass is 10.2. The van der Waals surface area contributed by atoms with Crippen LogP contribution in [0.25, 0.3) is 0 Å². The molecule has 0 aromatic rings. The molecule has 0 rings (SSSR count). The summed E-state index contributed by atoms with van der Waals surface area (Å²) in [4.78, 5) is 0. The van der Waals surface area contributed by atoms with Gasteiger partial charge in [0.15, 0.2) is 0 Å². The van der Waals surface area contributed by atoms with Crippen molar-refractivity contribution < 1.29 is 13.2 Å². The van der Waals surface area contributed by atoms with Gasteiger partial charge >= 0.3 is 6.18 Å². The molecule has 104 valence electrons. The molecule has 0 saturated heterocycles. The fraction of sp³-hybridized carbons (Fsp3) is 1.00. The Morgan fingerprint density at radius 2 is 1.41 bits per heavy atom. The van der Waals surface area contributed by atoms with Gasteiger partial charge in [-0.05, 0) is 45.3 Å². The highest BCUT2D eigenvalue weighted by Crippen LogP contribution is 2.21. The topological polar surface area (TPSA) is 24.1 Å². The number of hydrogen-bond donors (Lipinski definition) is 2. The van der Waals surface area contributed by atoms with Gasteiger partial charge in [0.2, 0.25) is 0 Å². The zero-order valence-electron chi connectivity index (χ0n) is 10.9. The first-order valence-corrected chi connectivity index (χ1v) is 6.42. The molecular formula is C12H25F3N2. The van der Waals surface area contributed by atoms with Crippen molar-refractivity contribution in [3.05, 3.63) is 0 Å². The van der Waals surface area contributed by atoms with Crippen LogP contribution in [0.1, 0.15) is 46.0 Å². The predicted molar refractivity (Wildman–Crippen MR) is 65.1 cm³/mol. The minimum atomic E-state index is -4.00. The van der Waals surface area contributed by atoms with Crippen LogP contribution < -0.4 is 10.6 Å². The smallest absolute Gasteiger partial charge is 0.317 e. The Labute approximate surface area is 102 Å². The lowest BCUT2D eigenvalue weighted by Gasteiger charge is -2.08. The summed E-state index contributed by atoms with van der Waals surface area (Å²) >= 11 is 0. The number of unbranched alkanes of at least 4 members (excludes halogenated alkanes) is 2. The van der Waals surface area contributed by atoms with Gasteiger partial charge in [-0.2, -0.15) is 13.2 Å². The van der Waals surface area contributed by atoms with Crippen LogP contribution in [0.2, 0.25) is 0 Å². The van der Waals surface area contributed by atoms with E-state index in [1.54, 1.807) is 0 Å². The van der Waals surface area contributed by atoms with Crippen LogP contribution >= 0.6 is 0 Å². The zero-order valence-corrected chi connectivity index (χ0v) is 10.9. The fourth-order valence-corrected chi connectivity index (χ4v) is 1.47. The van der Waals surface area contributed by atoms with Crippen LogP contribution in [-0.2, 0) is 0 Å². The van der Waals surface area contributed by atoms with E-state index in [4.69, 9.17) is 0 Å². The quantitative estimate of drug-likeness (QED) is 0.585. The summed E-state index contributed by atoms with van der Waals surface area (Å²) in [6, 6.07) is 0.519. The summed E-state index contributed by atoms with van der Waals surface area (Å²) < 4.78 is 35.4. The third-order valence-electron chi connectivity index (χ3n) is 2.40. The van der Waals surface area contributed by atoms with Crippen molar-refractivity contribution in [2.75, 3.05) is 19.6 Å². The molecule has 0 heterocycles. The van der Waals surface area contributed by atoms with Gasteiger partial charge in [0.1, 0.15) is 0 Å². The van der Waals surface area contributed by atoms with Gasteiger partial charge in [-0.1, -0.05) is 13.8 Å². The Bertz CT molecular complexity index is 170. The molecule has 0 unspecified atom stereocenters. The molecule has 0 fully saturated rings. The molecule has 0 saturated carbocycles. The number of alkyl halides is 3. The monoisotopic (exact) mass is 254 g/mol. The van der Waals surface area contributed by atoms with Gasteiger partial charge in [-0.15, -0.1) is 0 Å². The van der Waals surface area contributed by atoms with Crippen molar-refractivity contribution in [2.45, 2.75) is 58.2 Å². The van der Waals surface area contributed by atoms with Crippen molar-refractivity contribution in [2.24, 2.45) is 0 Å². The molecule has 0 atom stereocenters. The van der Waals surface area contributed by atoms with Crippen LogP contribution in [0, 0.1) is 0 Å². The Hall–Kier alpha value is -0.290. The summed E-state index contributed by atoms with van der Waals surface area (Å²) in [6.45, 7) is 6.81. The van der Waals surface area contributed by atoms with Gasteiger partial charge in [-0.3, -0.25) is 0 Å². The van der Waals surface area contributed by atoms with Gasteiger partial charge < -0.3 is 10.6 Å². The molecule has 0 spiro atoms. The maximum Gasteiger partial charge on any atom is 0.389 e. The second-order valence-corrected chi connectivity index (χ2v) is 4.64. The molecular weight excluding hydrogens is 229 g/mol. The molecule has 0 bridgehead atoms. The highest BCUT2D eigenvalue weighted by Gasteiger charge is 2.25. The third-order valence-corrected chi connectivity index (χ3v) is 2.40. The molecule has 5 heteroatoms. The Morgan fingerprint density at radius 3 is 1.94 bits per heavy atom. The number of halogens is 3. The molecule has 0 amide bonds. The molecule has 0 aliphatic carbocycles. The van der Waals surface area contributed by atoms with Gasteiger partial charge in [0, 0.05) is 12.5 Å². The Balaban J connectivity index is 3.04. The maximum absolute atomic E-state index is 11.8. The van der Waals surface area contributed by atoms with Crippen molar-refractivity contribution >= 4 is 0 Å². The average molecular weight is 254 g/mol. The normalized spacial score (nSPS) is 12.4. The standard InChI is InChI=1S/C12H25F3N2/c1-11(2)17-10-6-5-9-16-8-4-3-7-12(13,14)15/h11,16-17H,3-10H2,1-2H3. The largest absolute Gasteiger partial charge is 0.389 e. The summed E-state index contributed by atoms with van der Waals surface area (Å²) in [6.07, 6.45) is -1.66. The van der Waals surface area contributed by atoms with E-state index in [1.807, 2.05) is 0 Å². The van der Waals surface area contributed by atoms with E-state index in [1.165, 1.54) is 0 Å². The highest BCUT2D eigenvalue weighted by molar-refractivity contribution is 4.56. The van der Waals surface area contributed by atoms with Crippen LogP contribution in [0.5, 0.6) is 0 Å². The molecule has 0 aromatic heterocycles. The Morgan fingerprint density at radius 1 is 0.882 bits per heavy atom. The van der Waals surface area contributed by atoms with Gasteiger partial charge in [0.25, 0.3) is 0 Å². The van der Waals surface area contributed by atoms with Gasteiger partial charge in [-0.25, -0.2) is 0 Å². The molecule has 0 aromatic carbocycles. The van der Waals surface area contributed by atoms with Crippen molar-refractivity contribution in [1.82, 2.24) is 10.6 Å². The summed E-state index contributed by atoms with van der Waals surface area (Å²) in [5, 5.41) is 6.49. The molecule has 2 N–H and O–H groups in total. The zero-order chi connectivity index (χ0) is 13.1. The minimum absolute atomic E-state index is 0.228. The highest BCUT2D eigenvalue weighted by atomic mass is 19.4. The van der Waals surface area contributed by atoms with E-state index in [0.29, 0.717) is 19.0 Å². The number of rotatable bonds is 10. The third kappa shape index (κ3) is 15.7. The number of nitrogens with one attached hydrogen (secondary N) is 2. The number of hydrogen-bond acceptors (Lipinski definition) is 2. The van der Waals surface area contributed by atoms with Crippen LogP contribution in [0.3, 0.4) is 0 Å². The van der Waals surface area contributed by atoms with Crippen LogP contribution in [0.4, 0.5) is 13.2 Å². The van der Waals surface area contributed by atoms with E-state index in [-0.39, 0.29) is 6.42 Å². The van der Waals surface area contributed by atoms with Crippen LogP contribution in [0.15, 0.2) is 0 Å². The second kappa shape index (κ2) is 9.71. The lowest BCUT2D eigenvalue weighted by molar-refractivity contribution is -0.135. The van der Waals surface area contributed by atoms with Crippen molar-refractivity contribution in [3.8, 4) is 0 Å². The maximum atomic E-state index is 11.8. The second-order valence-electron chi connectivity index (χ2n) is 4.64. The van der Waals surface area contributed by atoms with Crippen molar-refractivity contribution in [1.29, 1.82) is 0 Å². The molecule has 0 radical (unpaired) electrons.